The minimum absolute atomic E-state index is 0.0122. The Hall–Kier alpha value is -0.910. The van der Waals surface area contributed by atoms with E-state index in [1.165, 1.54) is 35.9 Å². The highest BCUT2D eigenvalue weighted by atomic mass is 32.2. The molecule has 1 aromatic rings. The van der Waals surface area contributed by atoms with Gasteiger partial charge in [-0.1, -0.05) is 23.1 Å². The van der Waals surface area contributed by atoms with Crippen molar-refractivity contribution in [2.75, 3.05) is 35.7 Å². The summed E-state index contributed by atoms with van der Waals surface area (Å²) in [5.41, 5.74) is 0. The maximum absolute atomic E-state index is 12.9. The third kappa shape index (κ3) is 5.33. The van der Waals surface area contributed by atoms with Crippen LogP contribution in [-0.4, -0.2) is 78.0 Å². The van der Waals surface area contributed by atoms with E-state index in [1.54, 1.807) is 4.90 Å². The fourth-order valence-electron chi connectivity index (χ4n) is 3.42. The van der Waals surface area contributed by atoms with Crippen molar-refractivity contribution in [2.24, 2.45) is 0 Å². The Morgan fingerprint density at radius 3 is 2.81 bits per heavy atom. The molecule has 2 unspecified atom stereocenters. The van der Waals surface area contributed by atoms with E-state index in [4.69, 9.17) is 4.74 Å². The zero-order chi connectivity index (χ0) is 18.9. The zero-order valence-electron chi connectivity index (χ0n) is 15.0. The third-order valence-electron chi connectivity index (χ3n) is 5.02. The summed E-state index contributed by atoms with van der Waals surface area (Å²) in [5, 5.41) is 12.3. The molecule has 1 amide bonds. The molecular formula is C16H24N4O4S3. The first kappa shape index (κ1) is 19.4. The molecule has 3 aliphatic rings. The highest BCUT2D eigenvalue weighted by Gasteiger charge is 2.36. The molecule has 0 radical (unpaired) electrons. The van der Waals surface area contributed by atoms with Crippen molar-refractivity contribution in [3.63, 3.8) is 0 Å². The van der Waals surface area contributed by atoms with Gasteiger partial charge in [-0.25, -0.2) is 8.42 Å². The van der Waals surface area contributed by atoms with Crippen LogP contribution in [0.3, 0.4) is 0 Å². The lowest BCUT2D eigenvalue weighted by atomic mass is 10.1. The van der Waals surface area contributed by atoms with Crippen molar-refractivity contribution < 1.29 is 17.9 Å². The number of nitrogens with one attached hydrogen (secondary N) is 1. The zero-order valence-corrected chi connectivity index (χ0v) is 17.5. The Labute approximate surface area is 167 Å². The van der Waals surface area contributed by atoms with Gasteiger partial charge in [-0.2, -0.15) is 0 Å². The summed E-state index contributed by atoms with van der Waals surface area (Å²) in [4.78, 5) is 14.6. The second kappa shape index (κ2) is 8.22. The smallest absolute Gasteiger partial charge is 0.233 e. The normalized spacial score (nSPS) is 27.0. The molecule has 150 valence electrons. The highest BCUT2D eigenvalue weighted by molar-refractivity contribution is 8.01. The van der Waals surface area contributed by atoms with Crippen LogP contribution in [0.25, 0.3) is 0 Å². The second-order valence-corrected chi connectivity index (χ2v) is 11.7. The molecule has 0 aromatic carbocycles. The molecule has 2 aliphatic heterocycles. The summed E-state index contributed by atoms with van der Waals surface area (Å²) >= 11 is 2.82. The molecule has 1 aromatic heterocycles. The van der Waals surface area contributed by atoms with Crippen LogP contribution >= 0.6 is 23.1 Å². The van der Waals surface area contributed by atoms with Gasteiger partial charge >= 0.3 is 0 Å². The van der Waals surface area contributed by atoms with E-state index in [0.29, 0.717) is 25.6 Å². The lowest BCUT2D eigenvalue weighted by Crippen LogP contribution is -2.46. The molecule has 0 bridgehead atoms. The molecule has 11 heteroatoms. The number of nitrogens with zero attached hydrogens (tertiary/aromatic N) is 3. The van der Waals surface area contributed by atoms with Gasteiger partial charge in [0.25, 0.3) is 0 Å². The number of thioether (sulfide) groups is 1. The monoisotopic (exact) mass is 432 g/mol. The number of sulfone groups is 1. The lowest BCUT2D eigenvalue weighted by molar-refractivity contribution is -0.131. The standard InChI is InChI=1S/C16H24N4O4S3/c21-14(9-25-16-19-18-15(26-16)17-11-3-4-11)20(8-13-2-1-6-24-13)12-5-7-27(22,23)10-12/h11-13H,1-10H2,(H,17,18). The van der Waals surface area contributed by atoms with Crippen LogP contribution < -0.4 is 5.32 Å². The Balaban J connectivity index is 1.36. The number of ether oxygens (including phenoxy) is 1. The predicted octanol–water partition coefficient (Wildman–Crippen LogP) is 1.40. The van der Waals surface area contributed by atoms with E-state index in [0.717, 1.165) is 22.3 Å². The van der Waals surface area contributed by atoms with Crippen LogP contribution in [0.4, 0.5) is 5.13 Å². The Morgan fingerprint density at radius 2 is 2.15 bits per heavy atom. The second-order valence-electron chi connectivity index (χ2n) is 7.32. The average molecular weight is 433 g/mol. The molecule has 8 nitrogen and oxygen atoms in total. The number of aromatic nitrogens is 2. The van der Waals surface area contributed by atoms with Gasteiger partial charge in [0, 0.05) is 25.2 Å². The number of amides is 1. The third-order valence-corrected chi connectivity index (χ3v) is 8.75. The van der Waals surface area contributed by atoms with Crippen LogP contribution in [0.1, 0.15) is 32.1 Å². The number of carbonyl (C=O) groups excluding carboxylic acids is 1. The summed E-state index contributed by atoms with van der Waals surface area (Å²) in [6, 6.07) is 0.275. The average Bonchev–Trinajstić information content (AvgIpc) is 3.01. The fourth-order valence-corrected chi connectivity index (χ4v) is 6.86. The molecule has 1 aliphatic carbocycles. The van der Waals surface area contributed by atoms with Gasteiger partial charge in [0.05, 0.1) is 23.4 Å². The van der Waals surface area contributed by atoms with E-state index < -0.39 is 9.84 Å². The largest absolute Gasteiger partial charge is 0.376 e. The number of hydrogen-bond donors (Lipinski definition) is 1. The van der Waals surface area contributed by atoms with E-state index in [2.05, 4.69) is 15.5 Å². The highest BCUT2D eigenvalue weighted by Crippen LogP contribution is 2.31. The van der Waals surface area contributed by atoms with Crippen LogP contribution in [0.5, 0.6) is 0 Å². The summed E-state index contributed by atoms with van der Waals surface area (Å²) in [6.07, 6.45) is 4.78. The van der Waals surface area contributed by atoms with E-state index in [1.807, 2.05) is 0 Å². The molecule has 0 spiro atoms. The van der Waals surface area contributed by atoms with Gasteiger partial charge in [0.1, 0.15) is 0 Å². The van der Waals surface area contributed by atoms with E-state index >= 15 is 0 Å². The number of anilines is 1. The maximum Gasteiger partial charge on any atom is 0.233 e. The van der Waals surface area contributed by atoms with Crippen LogP contribution in [0, 0.1) is 0 Å². The molecule has 3 heterocycles. The summed E-state index contributed by atoms with van der Waals surface area (Å²) in [6.45, 7) is 1.19. The predicted molar refractivity (Wildman–Crippen MR) is 105 cm³/mol. The molecule has 4 rings (SSSR count). The minimum atomic E-state index is -3.05. The van der Waals surface area contributed by atoms with Gasteiger partial charge < -0.3 is 15.0 Å². The molecule has 2 saturated heterocycles. The van der Waals surface area contributed by atoms with E-state index in [-0.39, 0.29) is 35.3 Å². The molecule has 3 fully saturated rings. The quantitative estimate of drug-likeness (QED) is 0.615. The van der Waals surface area contributed by atoms with Gasteiger partial charge in [-0.05, 0) is 32.1 Å². The summed E-state index contributed by atoms with van der Waals surface area (Å²) in [5.74, 6) is 0.405. The van der Waals surface area contributed by atoms with Crippen molar-refractivity contribution in [2.45, 2.75) is 54.6 Å². The minimum Gasteiger partial charge on any atom is -0.376 e. The Bertz CT molecular complexity index is 774. The molecule has 1 N–H and O–H groups in total. The summed E-state index contributed by atoms with van der Waals surface area (Å²) in [7, 11) is -3.05. The van der Waals surface area contributed by atoms with Gasteiger partial charge in [0.15, 0.2) is 14.2 Å². The maximum atomic E-state index is 12.9. The first-order valence-electron chi connectivity index (χ1n) is 9.33. The van der Waals surface area contributed by atoms with Crippen molar-refractivity contribution in [1.29, 1.82) is 0 Å². The van der Waals surface area contributed by atoms with Crippen molar-refractivity contribution in [1.82, 2.24) is 15.1 Å². The molecule has 1 saturated carbocycles. The van der Waals surface area contributed by atoms with Crippen LogP contribution in [0.15, 0.2) is 4.34 Å². The fraction of sp³-hybridized carbons (Fsp3) is 0.812. The van der Waals surface area contributed by atoms with E-state index in [9.17, 15) is 13.2 Å². The van der Waals surface area contributed by atoms with Crippen molar-refractivity contribution in [3.8, 4) is 0 Å². The van der Waals surface area contributed by atoms with Crippen LogP contribution in [-0.2, 0) is 19.4 Å². The van der Waals surface area contributed by atoms with Gasteiger partial charge in [-0.3, -0.25) is 4.79 Å². The lowest BCUT2D eigenvalue weighted by Gasteiger charge is -2.30. The topological polar surface area (TPSA) is 101 Å². The number of hydrogen-bond acceptors (Lipinski definition) is 9. The molecular weight excluding hydrogens is 408 g/mol. The van der Waals surface area contributed by atoms with Gasteiger partial charge in [-0.15, -0.1) is 10.2 Å². The van der Waals surface area contributed by atoms with Gasteiger partial charge in [0.2, 0.25) is 11.0 Å². The number of rotatable bonds is 8. The first-order chi connectivity index (χ1) is 13.0. The molecule has 2 atom stereocenters. The van der Waals surface area contributed by atoms with Crippen molar-refractivity contribution >= 4 is 44.0 Å². The van der Waals surface area contributed by atoms with Crippen molar-refractivity contribution in [3.05, 3.63) is 0 Å². The number of carbonyl (C=O) groups is 1. The first-order valence-corrected chi connectivity index (χ1v) is 13.0. The SMILES string of the molecule is O=C(CSc1nnc(NC2CC2)s1)N(CC1CCCO1)C1CCS(=O)(=O)C1. The Kier molecular flexibility index (Phi) is 5.91. The summed E-state index contributed by atoms with van der Waals surface area (Å²) < 4.78 is 30.2. The molecule has 27 heavy (non-hydrogen) atoms. The van der Waals surface area contributed by atoms with Crippen LogP contribution in [0.2, 0.25) is 0 Å². The Morgan fingerprint density at radius 1 is 1.30 bits per heavy atom.